The summed E-state index contributed by atoms with van der Waals surface area (Å²) in [5.74, 6) is 0.715. The van der Waals surface area contributed by atoms with Gasteiger partial charge in [-0.25, -0.2) is 0 Å². The Hall–Kier alpha value is -0.740. The van der Waals surface area contributed by atoms with Crippen molar-refractivity contribution in [2.75, 3.05) is 11.8 Å². The molecule has 0 aliphatic carbocycles. The predicted molar refractivity (Wildman–Crippen MR) is 58.6 cm³/mol. The van der Waals surface area contributed by atoms with Gasteiger partial charge in [-0.3, -0.25) is 4.79 Å². The number of carbonyl (C=O) groups is 1. The summed E-state index contributed by atoms with van der Waals surface area (Å²) >= 11 is 11.4. The number of aromatic nitrogens is 1. The molecule has 4 nitrogen and oxygen atoms in total. The molecule has 1 aromatic heterocycles. The van der Waals surface area contributed by atoms with Crippen LogP contribution in [0.25, 0.3) is 0 Å². The van der Waals surface area contributed by atoms with Gasteiger partial charge in [0.15, 0.2) is 5.69 Å². The first-order valence-corrected chi connectivity index (χ1v) is 5.45. The Labute approximate surface area is 97.9 Å². The molecule has 0 aliphatic heterocycles. The standard InChI is InChI=1S/C9H12Cl2N2O2/c1-6-3-7(13-15-6)8(14)12-9(2,4-10)5-11/h3H,4-5H2,1-2H3,(H,12,14). The quantitative estimate of drug-likeness (QED) is 0.832. The molecule has 1 amide bonds. The van der Waals surface area contributed by atoms with Crippen LogP contribution in [-0.2, 0) is 0 Å². The number of alkyl halides is 2. The maximum Gasteiger partial charge on any atom is 0.273 e. The third-order valence-electron chi connectivity index (χ3n) is 1.87. The lowest BCUT2D eigenvalue weighted by Crippen LogP contribution is -2.49. The van der Waals surface area contributed by atoms with E-state index < -0.39 is 5.54 Å². The van der Waals surface area contributed by atoms with E-state index in [4.69, 9.17) is 27.7 Å². The van der Waals surface area contributed by atoms with Crippen LogP contribution in [0.5, 0.6) is 0 Å². The van der Waals surface area contributed by atoms with Crippen molar-refractivity contribution in [2.24, 2.45) is 0 Å². The van der Waals surface area contributed by atoms with Crippen LogP contribution in [0.1, 0.15) is 23.2 Å². The summed E-state index contributed by atoms with van der Waals surface area (Å²) in [6, 6.07) is 1.55. The largest absolute Gasteiger partial charge is 0.361 e. The fourth-order valence-corrected chi connectivity index (χ4v) is 1.33. The maximum absolute atomic E-state index is 11.6. The zero-order valence-electron chi connectivity index (χ0n) is 8.51. The van der Waals surface area contributed by atoms with Crippen molar-refractivity contribution in [3.63, 3.8) is 0 Å². The number of rotatable bonds is 4. The monoisotopic (exact) mass is 250 g/mol. The van der Waals surface area contributed by atoms with Gasteiger partial charge in [-0.15, -0.1) is 23.2 Å². The predicted octanol–water partition coefficient (Wildman–Crippen LogP) is 1.95. The van der Waals surface area contributed by atoms with Gasteiger partial charge >= 0.3 is 0 Å². The molecule has 0 radical (unpaired) electrons. The second kappa shape index (κ2) is 4.86. The second-order valence-corrected chi connectivity index (χ2v) is 4.14. The normalized spacial score (nSPS) is 11.5. The van der Waals surface area contributed by atoms with E-state index in [-0.39, 0.29) is 23.4 Å². The van der Waals surface area contributed by atoms with Crippen LogP contribution in [0.4, 0.5) is 0 Å². The van der Waals surface area contributed by atoms with Gasteiger partial charge in [0.05, 0.1) is 5.54 Å². The molecule has 1 heterocycles. The van der Waals surface area contributed by atoms with E-state index in [1.54, 1.807) is 19.9 Å². The third-order valence-corrected chi connectivity index (χ3v) is 3.05. The lowest BCUT2D eigenvalue weighted by molar-refractivity contribution is 0.0912. The Morgan fingerprint density at radius 2 is 2.20 bits per heavy atom. The Balaban J connectivity index is 2.71. The molecule has 1 aromatic rings. The van der Waals surface area contributed by atoms with Crippen molar-refractivity contribution in [1.29, 1.82) is 0 Å². The second-order valence-electron chi connectivity index (χ2n) is 3.60. The lowest BCUT2D eigenvalue weighted by atomic mass is 10.1. The van der Waals surface area contributed by atoms with Gasteiger partial charge in [0.25, 0.3) is 5.91 Å². The van der Waals surface area contributed by atoms with Gasteiger partial charge < -0.3 is 9.84 Å². The van der Waals surface area contributed by atoms with Gasteiger partial charge in [0.1, 0.15) is 5.76 Å². The fourth-order valence-electron chi connectivity index (χ4n) is 0.914. The zero-order valence-corrected chi connectivity index (χ0v) is 10.0. The maximum atomic E-state index is 11.6. The first-order chi connectivity index (χ1) is 7.00. The topological polar surface area (TPSA) is 55.1 Å². The summed E-state index contributed by atoms with van der Waals surface area (Å²) in [6.45, 7) is 3.48. The number of hydrogen-bond acceptors (Lipinski definition) is 3. The number of hydrogen-bond donors (Lipinski definition) is 1. The van der Waals surface area contributed by atoms with Crippen LogP contribution in [0, 0.1) is 6.92 Å². The summed E-state index contributed by atoms with van der Waals surface area (Å²) in [5.41, 5.74) is -0.401. The molecule has 15 heavy (non-hydrogen) atoms. The highest BCUT2D eigenvalue weighted by Gasteiger charge is 2.26. The number of nitrogens with one attached hydrogen (secondary N) is 1. The molecule has 0 spiro atoms. The highest BCUT2D eigenvalue weighted by Crippen LogP contribution is 2.10. The number of halogens is 2. The van der Waals surface area contributed by atoms with Gasteiger partial charge in [-0.2, -0.15) is 0 Å². The third kappa shape index (κ3) is 3.11. The minimum absolute atomic E-state index is 0.231. The van der Waals surface area contributed by atoms with Crippen LogP contribution >= 0.6 is 23.2 Å². The smallest absolute Gasteiger partial charge is 0.273 e. The van der Waals surface area contributed by atoms with Crippen molar-refractivity contribution in [1.82, 2.24) is 10.5 Å². The van der Waals surface area contributed by atoms with Gasteiger partial charge in [0, 0.05) is 17.8 Å². The Morgan fingerprint density at radius 1 is 1.60 bits per heavy atom. The van der Waals surface area contributed by atoms with E-state index in [0.717, 1.165) is 0 Å². The highest BCUT2D eigenvalue weighted by molar-refractivity contribution is 6.22. The van der Waals surface area contributed by atoms with Crippen LogP contribution in [0.3, 0.4) is 0 Å². The Kier molecular flexibility index (Phi) is 3.99. The molecule has 0 aromatic carbocycles. The van der Waals surface area contributed by atoms with Crippen molar-refractivity contribution in [2.45, 2.75) is 19.4 Å². The molecule has 1 N–H and O–H groups in total. The number of carbonyl (C=O) groups excluding carboxylic acids is 1. The van der Waals surface area contributed by atoms with Gasteiger partial charge in [-0.05, 0) is 13.8 Å². The van der Waals surface area contributed by atoms with Crippen LogP contribution in [0.2, 0.25) is 0 Å². The first kappa shape index (κ1) is 12.3. The summed E-state index contributed by atoms with van der Waals surface area (Å²) in [7, 11) is 0. The summed E-state index contributed by atoms with van der Waals surface area (Å²) in [6.07, 6.45) is 0. The number of nitrogens with zero attached hydrogens (tertiary/aromatic N) is 1. The van der Waals surface area contributed by atoms with Crippen molar-refractivity contribution >= 4 is 29.1 Å². The molecule has 1 rings (SSSR count). The van der Waals surface area contributed by atoms with E-state index >= 15 is 0 Å². The average molecular weight is 251 g/mol. The zero-order chi connectivity index (χ0) is 11.5. The van der Waals surface area contributed by atoms with Crippen molar-refractivity contribution in [3.05, 3.63) is 17.5 Å². The van der Waals surface area contributed by atoms with E-state index in [9.17, 15) is 4.79 Å². The minimum Gasteiger partial charge on any atom is -0.361 e. The lowest BCUT2D eigenvalue weighted by Gasteiger charge is -2.25. The Bertz CT molecular complexity index is 348. The average Bonchev–Trinajstić information content (AvgIpc) is 2.65. The number of aryl methyl sites for hydroxylation is 1. The number of amides is 1. The van der Waals surface area contributed by atoms with Crippen molar-refractivity contribution in [3.8, 4) is 0 Å². The summed E-state index contributed by atoms with van der Waals surface area (Å²) in [4.78, 5) is 11.6. The molecule has 0 atom stereocenters. The molecule has 0 bridgehead atoms. The Morgan fingerprint density at radius 3 is 2.60 bits per heavy atom. The molecule has 0 saturated carbocycles. The first-order valence-electron chi connectivity index (χ1n) is 4.38. The fraction of sp³-hybridized carbons (Fsp3) is 0.556. The van der Waals surface area contributed by atoms with E-state index in [2.05, 4.69) is 10.5 Å². The molecule has 0 aliphatic rings. The minimum atomic E-state index is -0.632. The SMILES string of the molecule is Cc1cc(C(=O)NC(C)(CCl)CCl)no1. The molecular formula is C9H12Cl2N2O2. The van der Waals surface area contributed by atoms with E-state index in [1.807, 2.05) is 0 Å². The van der Waals surface area contributed by atoms with Gasteiger partial charge in [0.2, 0.25) is 0 Å². The molecule has 84 valence electrons. The molecular weight excluding hydrogens is 239 g/mol. The van der Waals surface area contributed by atoms with Crippen LogP contribution in [0.15, 0.2) is 10.6 Å². The summed E-state index contributed by atoms with van der Waals surface area (Å²) in [5, 5.41) is 6.29. The summed E-state index contributed by atoms with van der Waals surface area (Å²) < 4.78 is 4.79. The molecule has 0 saturated heterocycles. The van der Waals surface area contributed by atoms with Gasteiger partial charge in [-0.1, -0.05) is 5.16 Å². The van der Waals surface area contributed by atoms with Crippen molar-refractivity contribution < 1.29 is 9.32 Å². The molecule has 0 fully saturated rings. The molecule has 6 heteroatoms. The van der Waals surface area contributed by atoms with E-state index in [1.165, 1.54) is 0 Å². The van der Waals surface area contributed by atoms with Crippen LogP contribution in [-0.4, -0.2) is 28.4 Å². The van der Waals surface area contributed by atoms with E-state index in [0.29, 0.717) is 5.76 Å². The van der Waals surface area contributed by atoms with Crippen LogP contribution < -0.4 is 5.32 Å². The molecule has 0 unspecified atom stereocenters. The highest BCUT2D eigenvalue weighted by atomic mass is 35.5.